The SMILES string of the molecule is CC/C=C(\C=C(C)C)NC(/C=C(\N)c1cc(Cl)ccc1F)=C(/N)C1COC1. The summed E-state index contributed by atoms with van der Waals surface area (Å²) in [7, 11) is 0. The zero-order valence-electron chi connectivity index (χ0n) is 16.0. The highest BCUT2D eigenvalue weighted by molar-refractivity contribution is 6.30. The molecule has 0 saturated carbocycles. The predicted molar refractivity (Wildman–Crippen MR) is 110 cm³/mol. The number of hydrogen-bond acceptors (Lipinski definition) is 4. The van der Waals surface area contributed by atoms with Gasteiger partial charge in [-0.2, -0.15) is 0 Å². The van der Waals surface area contributed by atoms with Crippen LogP contribution >= 0.6 is 11.6 Å². The molecule has 27 heavy (non-hydrogen) atoms. The first-order valence-electron chi connectivity index (χ1n) is 8.93. The van der Waals surface area contributed by atoms with Crippen molar-refractivity contribution in [2.75, 3.05) is 13.2 Å². The van der Waals surface area contributed by atoms with Crippen molar-refractivity contribution in [2.45, 2.75) is 27.2 Å². The van der Waals surface area contributed by atoms with Gasteiger partial charge in [0.15, 0.2) is 0 Å². The van der Waals surface area contributed by atoms with Crippen LogP contribution in [0.5, 0.6) is 0 Å². The second kappa shape index (κ2) is 9.62. The summed E-state index contributed by atoms with van der Waals surface area (Å²) >= 11 is 5.99. The van der Waals surface area contributed by atoms with Gasteiger partial charge >= 0.3 is 0 Å². The summed E-state index contributed by atoms with van der Waals surface area (Å²) in [5.74, 6) is -0.331. The van der Waals surface area contributed by atoms with Crippen LogP contribution in [-0.4, -0.2) is 13.2 Å². The molecule has 0 atom stereocenters. The van der Waals surface area contributed by atoms with Crippen molar-refractivity contribution < 1.29 is 9.13 Å². The zero-order chi connectivity index (χ0) is 20.0. The lowest BCUT2D eigenvalue weighted by molar-refractivity contribution is -0.0144. The Morgan fingerprint density at radius 2 is 2.00 bits per heavy atom. The maximum atomic E-state index is 14.2. The molecule has 1 aromatic rings. The van der Waals surface area contributed by atoms with Crippen molar-refractivity contribution in [3.05, 3.63) is 75.5 Å². The van der Waals surface area contributed by atoms with E-state index in [1.807, 2.05) is 19.9 Å². The van der Waals surface area contributed by atoms with E-state index in [9.17, 15) is 4.39 Å². The van der Waals surface area contributed by atoms with E-state index < -0.39 is 5.82 Å². The molecule has 0 unspecified atom stereocenters. The van der Waals surface area contributed by atoms with Gasteiger partial charge in [0.05, 0.1) is 18.9 Å². The Kier molecular flexibility index (Phi) is 7.51. The standard InChI is InChI=1S/C21H27ClFN3O/c1-4-5-16(8-13(2)3)26-20(21(25)14-11-27-12-14)10-19(24)17-9-15(22)6-7-18(17)23/h5-10,14,26H,4,11-12,24-25H2,1-3H3/b16-5+,19-10-,21-20+. The summed E-state index contributed by atoms with van der Waals surface area (Å²) in [6.07, 6.45) is 6.60. The van der Waals surface area contributed by atoms with E-state index in [4.69, 9.17) is 27.8 Å². The van der Waals surface area contributed by atoms with Gasteiger partial charge in [0.2, 0.25) is 0 Å². The number of benzene rings is 1. The molecule has 6 heteroatoms. The molecule has 0 spiro atoms. The summed E-state index contributed by atoms with van der Waals surface area (Å²) in [6.45, 7) is 7.21. The number of nitrogens with two attached hydrogens (primary N) is 2. The van der Waals surface area contributed by atoms with Gasteiger partial charge in [0, 0.05) is 33.6 Å². The van der Waals surface area contributed by atoms with Crippen molar-refractivity contribution in [3.63, 3.8) is 0 Å². The first kappa shape index (κ1) is 21.1. The van der Waals surface area contributed by atoms with Gasteiger partial charge in [-0.1, -0.05) is 30.2 Å². The third kappa shape index (κ3) is 5.88. The quantitative estimate of drug-likeness (QED) is 0.600. The topological polar surface area (TPSA) is 73.3 Å². The minimum Gasteiger partial charge on any atom is -0.400 e. The number of halogens is 2. The highest BCUT2D eigenvalue weighted by Crippen LogP contribution is 2.24. The van der Waals surface area contributed by atoms with Crippen molar-refractivity contribution in [1.82, 2.24) is 5.32 Å². The van der Waals surface area contributed by atoms with Crippen molar-refractivity contribution in [3.8, 4) is 0 Å². The molecule has 0 aromatic heterocycles. The highest BCUT2D eigenvalue weighted by Gasteiger charge is 2.23. The monoisotopic (exact) mass is 391 g/mol. The van der Waals surface area contributed by atoms with Crippen LogP contribution in [0.2, 0.25) is 5.02 Å². The molecular formula is C21H27ClFN3O. The van der Waals surface area contributed by atoms with Gasteiger partial charge in [-0.25, -0.2) is 4.39 Å². The smallest absolute Gasteiger partial charge is 0.132 e. The maximum Gasteiger partial charge on any atom is 0.132 e. The average Bonchev–Trinajstić information content (AvgIpc) is 2.54. The lowest BCUT2D eigenvalue weighted by Gasteiger charge is -2.28. The van der Waals surface area contributed by atoms with E-state index in [0.717, 1.165) is 17.7 Å². The van der Waals surface area contributed by atoms with Crippen LogP contribution in [0.25, 0.3) is 5.70 Å². The first-order valence-corrected chi connectivity index (χ1v) is 9.31. The molecule has 1 fully saturated rings. The molecule has 1 saturated heterocycles. The summed E-state index contributed by atoms with van der Waals surface area (Å²) in [6, 6.07) is 4.28. The minimum absolute atomic E-state index is 0.107. The molecule has 0 radical (unpaired) electrons. The second-order valence-electron chi connectivity index (χ2n) is 6.74. The number of ether oxygens (including phenoxy) is 1. The van der Waals surface area contributed by atoms with E-state index in [-0.39, 0.29) is 17.2 Å². The fourth-order valence-electron chi connectivity index (χ4n) is 2.61. The van der Waals surface area contributed by atoms with Gasteiger partial charge in [-0.05, 0) is 50.6 Å². The molecule has 146 valence electrons. The van der Waals surface area contributed by atoms with E-state index in [0.29, 0.717) is 29.6 Å². The Morgan fingerprint density at radius 1 is 1.30 bits per heavy atom. The molecule has 1 heterocycles. The number of rotatable bonds is 7. The Balaban J connectivity index is 2.45. The molecule has 0 bridgehead atoms. The van der Waals surface area contributed by atoms with Crippen LogP contribution in [0.15, 0.2) is 59.1 Å². The lowest BCUT2D eigenvalue weighted by Crippen LogP contribution is -2.35. The zero-order valence-corrected chi connectivity index (χ0v) is 16.7. The van der Waals surface area contributed by atoms with Gasteiger partial charge in [-0.15, -0.1) is 0 Å². The van der Waals surface area contributed by atoms with Gasteiger partial charge in [0.1, 0.15) is 5.82 Å². The maximum absolute atomic E-state index is 14.2. The Bertz CT molecular complexity index is 804. The lowest BCUT2D eigenvalue weighted by atomic mass is 10.0. The second-order valence-corrected chi connectivity index (χ2v) is 7.18. The molecule has 1 aromatic carbocycles. The van der Waals surface area contributed by atoms with Crippen LogP contribution in [0.1, 0.15) is 32.8 Å². The van der Waals surface area contributed by atoms with Crippen molar-refractivity contribution in [2.24, 2.45) is 17.4 Å². The van der Waals surface area contributed by atoms with E-state index >= 15 is 0 Å². The minimum atomic E-state index is -0.438. The number of nitrogens with one attached hydrogen (secondary N) is 1. The normalized spacial score (nSPS) is 16.5. The summed E-state index contributed by atoms with van der Waals surface area (Å²) < 4.78 is 19.4. The molecule has 1 aliphatic rings. The number of hydrogen-bond donors (Lipinski definition) is 3. The van der Waals surface area contributed by atoms with Crippen molar-refractivity contribution >= 4 is 17.3 Å². The molecule has 5 N–H and O–H groups in total. The molecule has 1 aliphatic heterocycles. The first-order chi connectivity index (χ1) is 12.8. The Hall–Kier alpha value is -2.24. The molecule has 2 rings (SSSR count). The van der Waals surface area contributed by atoms with E-state index in [1.165, 1.54) is 18.2 Å². The van der Waals surface area contributed by atoms with E-state index in [2.05, 4.69) is 18.3 Å². The number of allylic oxidation sites excluding steroid dienone is 4. The molecular weight excluding hydrogens is 365 g/mol. The van der Waals surface area contributed by atoms with Gasteiger partial charge in [-0.3, -0.25) is 0 Å². The Labute approximate surface area is 165 Å². The van der Waals surface area contributed by atoms with Crippen LogP contribution < -0.4 is 16.8 Å². The molecule has 4 nitrogen and oxygen atoms in total. The largest absolute Gasteiger partial charge is 0.400 e. The molecule has 0 aliphatic carbocycles. The van der Waals surface area contributed by atoms with E-state index in [1.54, 1.807) is 6.08 Å². The summed E-state index contributed by atoms with van der Waals surface area (Å²) in [5, 5.41) is 3.76. The predicted octanol–water partition coefficient (Wildman–Crippen LogP) is 4.45. The average molecular weight is 392 g/mol. The van der Waals surface area contributed by atoms with Gasteiger partial charge < -0.3 is 21.5 Å². The fraction of sp³-hybridized carbons (Fsp3) is 0.333. The molecule has 0 amide bonds. The highest BCUT2D eigenvalue weighted by atomic mass is 35.5. The van der Waals surface area contributed by atoms with Crippen molar-refractivity contribution in [1.29, 1.82) is 0 Å². The van der Waals surface area contributed by atoms with Crippen LogP contribution in [0.4, 0.5) is 4.39 Å². The summed E-state index contributed by atoms with van der Waals surface area (Å²) in [4.78, 5) is 0. The van der Waals surface area contributed by atoms with Gasteiger partial charge in [0.25, 0.3) is 0 Å². The van der Waals surface area contributed by atoms with Crippen LogP contribution in [0.3, 0.4) is 0 Å². The third-order valence-electron chi connectivity index (χ3n) is 4.08. The van der Waals surface area contributed by atoms with Crippen LogP contribution in [-0.2, 0) is 4.74 Å². The summed E-state index contributed by atoms with van der Waals surface area (Å²) in [5.41, 5.74) is 16.3. The fourth-order valence-corrected chi connectivity index (χ4v) is 2.78. The third-order valence-corrected chi connectivity index (χ3v) is 4.31. The van der Waals surface area contributed by atoms with Crippen LogP contribution in [0, 0.1) is 11.7 Å². The Morgan fingerprint density at radius 3 is 2.56 bits per heavy atom.